The average Bonchev–Trinajstić information content (AvgIpc) is 2.26. The first kappa shape index (κ1) is 11.8. The minimum atomic E-state index is -0.612. The number of likely N-dealkylation sites (tertiary alicyclic amines) is 1. The molecule has 5 heteroatoms. The number of carbonyl (C=O) groups excluding carboxylic acids is 1. The van der Waals surface area contributed by atoms with E-state index >= 15 is 0 Å². The van der Waals surface area contributed by atoms with E-state index in [2.05, 4.69) is 10.2 Å². The van der Waals surface area contributed by atoms with Crippen molar-refractivity contribution in [1.29, 1.82) is 0 Å². The molecule has 2 N–H and O–H groups in total. The first-order valence-corrected chi connectivity index (χ1v) is 6.06. The van der Waals surface area contributed by atoms with Crippen LogP contribution < -0.4 is 5.32 Å². The number of nitrogens with one attached hydrogen (secondary N) is 1. The average molecular weight is 227 g/mol. The van der Waals surface area contributed by atoms with Crippen LogP contribution in [0.25, 0.3) is 0 Å². The second kappa shape index (κ2) is 4.69. The number of hydrogen-bond donors (Lipinski definition) is 2. The van der Waals surface area contributed by atoms with Gasteiger partial charge in [-0.25, -0.2) is 0 Å². The van der Waals surface area contributed by atoms with Crippen LogP contribution in [0.15, 0.2) is 0 Å². The predicted octanol–water partition coefficient (Wildman–Crippen LogP) is -1.13. The van der Waals surface area contributed by atoms with Gasteiger partial charge in [0.2, 0.25) is 5.91 Å². The highest BCUT2D eigenvalue weighted by Gasteiger charge is 2.41. The second-order valence-corrected chi connectivity index (χ2v) is 4.85. The molecule has 0 aromatic rings. The summed E-state index contributed by atoms with van der Waals surface area (Å²) in [6.07, 6.45) is 0.727. The zero-order valence-corrected chi connectivity index (χ0v) is 9.91. The highest BCUT2D eigenvalue weighted by molar-refractivity contribution is 5.79. The highest BCUT2D eigenvalue weighted by atomic mass is 16.3. The lowest BCUT2D eigenvalue weighted by Gasteiger charge is -2.46. The standard InChI is InChI=1S/C11H21N3O2/c1-2-11(16)8-14(9-11)10(15)7-13-5-3-12-4-6-13/h12,16H,2-9H2,1H3. The molecule has 92 valence electrons. The van der Waals surface area contributed by atoms with Gasteiger partial charge in [-0.15, -0.1) is 0 Å². The Labute approximate surface area is 96.4 Å². The molecule has 0 aromatic carbocycles. The largest absolute Gasteiger partial charge is 0.386 e. The van der Waals surface area contributed by atoms with Crippen LogP contribution in [-0.2, 0) is 4.79 Å². The summed E-state index contributed by atoms with van der Waals surface area (Å²) in [4.78, 5) is 15.8. The van der Waals surface area contributed by atoms with Gasteiger partial charge in [0.15, 0.2) is 0 Å². The van der Waals surface area contributed by atoms with Crippen LogP contribution in [-0.4, -0.2) is 72.2 Å². The maximum Gasteiger partial charge on any atom is 0.236 e. The number of nitrogens with zero attached hydrogens (tertiary/aromatic N) is 2. The van der Waals surface area contributed by atoms with Gasteiger partial charge < -0.3 is 15.3 Å². The lowest BCUT2D eigenvalue weighted by Crippen LogP contribution is -2.64. The molecule has 0 aliphatic carbocycles. The van der Waals surface area contributed by atoms with Crippen molar-refractivity contribution in [3.8, 4) is 0 Å². The third-order valence-corrected chi connectivity index (χ3v) is 3.55. The third-order valence-electron chi connectivity index (χ3n) is 3.55. The van der Waals surface area contributed by atoms with Crippen LogP contribution in [0.5, 0.6) is 0 Å². The molecule has 0 unspecified atom stereocenters. The molecular weight excluding hydrogens is 206 g/mol. The Morgan fingerprint density at radius 1 is 1.38 bits per heavy atom. The van der Waals surface area contributed by atoms with Gasteiger partial charge in [0, 0.05) is 26.2 Å². The van der Waals surface area contributed by atoms with Gasteiger partial charge in [-0.05, 0) is 6.42 Å². The number of carbonyl (C=O) groups is 1. The van der Waals surface area contributed by atoms with E-state index in [0.29, 0.717) is 19.6 Å². The van der Waals surface area contributed by atoms with E-state index in [0.717, 1.165) is 32.6 Å². The minimum Gasteiger partial charge on any atom is -0.386 e. The molecule has 0 bridgehead atoms. The fraction of sp³-hybridized carbons (Fsp3) is 0.909. The van der Waals surface area contributed by atoms with Crippen LogP contribution in [0.1, 0.15) is 13.3 Å². The molecular formula is C11H21N3O2. The number of β-amino-alcohol motifs (C(OH)–C–C–N with tert-alkyl or cyclic N) is 1. The Hall–Kier alpha value is -0.650. The van der Waals surface area contributed by atoms with Gasteiger partial charge in [-0.1, -0.05) is 6.92 Å². The fourth-order valence-electron chi connectivity index (χ4n) is 2.22. The van der Waals surface area contributed by atoms with Crippen LogP contribution >= 0.6 is 0 Å². The zero-order chi connectivity index (χ0) is 11.6. The molecule has 2 aliphatic rings. The van der Waals surface area contributed by atoms with Crippen LogP contribution in [0, 0.1) is 0 Å². The first-order chi connectivity index (χ1) is 7.63. The molecule has 0 atom stereocenters. The Morgan fingerprint density at radius 2 is 2.00 bits per heavy atom. The topological polar surface area (TPSA) is 55.8 Å². The fourth-order valence-corrected chi connectivity index (χ4v) is 2.22. The lowest BCUT2D eigenvalue weighted by molar-refractivity contribution is -0.156. The Morgan fingerprint density at radius 3 is 2.56 bits per heavy atom. The van der Waals surface area contributed by atoms with Crippen molar-refractivity contribution in [2.75, 3.05) is 45.8 Å². The summed E-state index contributed by atoms with van der Waals surface area (Å²) < 4.78 is 0. The SMILES string of the molecule is CCC1(O)CN(C(=O)CN2CCNCC2)C1. The molecule has 2 aliphatic heterocycles. The zero-order valence-electron chi connectivity index (χ0n) is 9.91. The first-order valence-electron chi connectivity index (χ1n) is 6.06. The molecule has 2 fully saturated rings. The van der Waals surface area contributed by atoms with E-state index in [1.165, 1.54) is 0 Å². The van der Waals surface area contributed by atoms with Crippen molar-refractivity contribution in [2.45, 2.75) is 18.9 Å². The predicted molar refractivity (Wildman–Crippen MR) is 61.1 cm³/mol. The van der Waals surface area contributed by atoms with Crippen LogP contribution in [0.4, 0.5) is 0 Å². The minimum absolute atomic E-state index is 0.153. The number of amides is 1. The Kier molecular flexibility index (Phi) is 3.47. The van der Waals surface area contributed by atoms with Crippen molar-refractivity contribution < 1.29 is 9.90 Å². The summed E-state index contributed by atoms with van der Waals surface area (Å²) >= 11 is 0. The molecule has 2 saturated heterocycles. The summed E-state index contributed by atoms with van der Waals surface area (Å²) in [5.41, 5.74) is -0.612. The molecule has 0 saturated carbocycles. The van der Waals surface area contributed by atoms with Gasteiger partial charge in [-0.3, -0.25) is 9.69 Å². The van der Waals surface area contributed by atoms with Crippen molar-refractivity contribution in [1.82, 2.24) is 15.1 Å². The number of piperazine rings is 1. The van der Waals surface area contributed by atoms with E-state index in [9.17, 15) is 9.90 Å². The maximum atomic E-state index is 11.8. The monoisotopic (exact) mass is 227 g/mol. The Balaban J connectivity index is 1.73. The molecule has 0 spiro atoms. The summed E-state index contributed by atoms with van der Waals surface area (Å²) in [5.74, 6) is 0.153. The van der Waals surface area contributed by atoms with Gasteiger partial charge in [0.05, 0.1) is 25.2 Å². The maximum absolute atomic E-state index is 11.8. The van der Waals surface area contributed by atoms with Gasteiger partial charge in [0.25, 0.3) is 0 Å². The van der Waals surface area contributed by atoms with E-state index < -0.39 is 5.60 Å². The van der Waals surface area contributed by atoms with E-state index in [1.54, 1.807) is 4.90 Å². The smallest absolute Gasteiger partial charge is 0.236 e. The summed E-state index contributed by atoms with van der Waals surface area (Å²) in [5, 5.41) is 13.1. The van der Waals surface area contributed by atoms with Crippen molar-refractivity contribution >= 4 is 5.91 Å². The molecule has 16 heavy (non-hydrogen) atoms. The van der Waals surface area contributed by atoms with Crippen LogP contribution in [0.3, 0.4) is 0 Å². The van der Waals surface area contributed by atoms with E-state index in [-0.39, 0.29) is 5.91 Å². The van der Waals surface area contributed by atoms with Crippen LogP contribution in [0.2, 0.25) is 0 Å². The quantitative estimate of drug-likeness (QED) is 0.641. The van der Waals surface area contributed by atoms with Gasteiger partial charge >= 0.3 is 0 Å². The van der Waals surface area contributed by atoms with Crippen molar-refractivity contribution in [3.63, 3.8) is 0 Å². The lowest BCUT2D eigenvalue weighted by atomic mass is 9.91. The molecule has 0 aromatic heterocycles. The molecule has 2 heterocycles. The van der Waals surface area contributed by atoms with E-state index in [1.807, 2.05) is 6.92 Å². The molecule has 2 rings (SSSR count). The third kappa shape index (κ3) is 2.53. The number of aliphatic hydroxyl groups is 1. The molecule has 1 amide bonds. The highest BCUT2D eigenvalue weighted by Crippen LogP contribution is 2.23. The number of rotatable bonds is 3. The van der Waals surface area contributed by atoms with Crippen molar-refractivity contribution in [3.05, 3.63) is 0 Å². The van der Waals surface area contributed by atoms with E-state index in [4.69, 9.17) is 0 Å². The normalized spacial score (nSPS) is 25.2. The van der Waals surface area contributed by atoms with Gasteiger partial charge in [-0.2, -0.15) is 0 Å². The summed E-state index contributed by atoms with van der Waals surface area (Å²) in [6.45, 7) is 7.29. The summed E-state index contributed by atoms with van der Waals surface area (Å²) in [7, 11) is 0. The molecule has 0 radical (unpaired) electrons. The second-order valence-electron chi connectivity index (χ2n) is 4.85. The van der Waals surface area contributed by atoms with Crippen molar-refractivity contribution in [2.24, 2.45) is 0 Å². The molecule has 5 nitrogen and oxygen atoms in total. The van der Waals surface area contributed by atoms with Gasteiger partial charge in [0.1, 0.15) is 0 Å². The number of hydrogen-bond acceptors (Lipinski definition) is 4. The summed E-state index contributed by atoms with van der Waals surface area (Å²) in [6, 6.07) is 0. The Bertz CT molecular complexity index is 258.